The summed E-state index contributed by atoms with van der Waals surface area (Å²) in [5.41, 5.74) is 1.82. The van der Waals surface area contributed by atoms with Crippen molar-refractivity contribution in [3.05, 3.63) is 54.0 Å². The van der Waals surface area contributed by atoms with E-state index < -0.39 is 15.1 Å². The van der Waals surface area contributed by atoms with Crippen LogP contribution in [0.15, 0.2) is 47.1 Å². The van der Waals surface area contributed by atoms with Crippen molar-refractivity contribution in [1.29, 1.82) is 0 Å². The quantitative estimate of drug-likeness (QED) is 0.906. The van der Waals surface area contributed by atoms with Crippen LogP contribution in [0.3, 0.4) is 0 Å². The molecule has 0 aliphatic carbocycles. The Morgan fingerprint density at radius 2 is 2.00 bits per heavy atom. The number of hydrogen-bond donors (Lipinski definition) is 1. The molecule has 0 unspecified atom stereocenters. The number of anilines is 1. The van der Waals surface area contributed by atoms with Crippen LogP contribution in [-0.4, -0.2) is 37.7 Å². The number of likely N-dealkylation sites (tertiary alicyclic amines) is 1. The van der Waals surface area contributed by atoms with Crippen molar-refractivity contribution in [2.24, 2.45) is 0 Å². The Morgan fingerprint density at radius 1 is 1.24 bits per heavy atom. The van der Waals surface area contributed by atoms with Crippen LogP contribution in [0, 0.1) is 6.92 Å². The number of furan rings is 1. The smallest absolute Gasteiger partial charge is 0.321 e. The first-order valence-electron chi connectivity index (χ1n) is 8.30. The molecule has 0 atom stereocenters. The Kier molecular flexibility index (Phi) is 5.13. The number of sulfone groups is 1. The predicted molar refractivity (Wildman–Crippen MR) is 96.1 cm³/mol. The highest BCUT2D eigenvalue weighted by atomic mass is 32.2. The maximum Gasteiger partial charge on any atom is 0.321 e. The first-order valence-corrected chi connectivity index (χ1v) is 10.0. The Hall–Kier alpha value is -2.28. The molecule has 1 saturated heterocycles. The van der Waals surface area contributed by atoms with Crippen LogP contribution in [0.5, 0.6) is 0 Å². The highest BCUT2D eigenvalue weighted by Gasteiger charge is 2.32. The van der Waals surface area contributed by atoms with E-state index in [-0.39, 0.29) is 11.8 Å². The van der Waals surface area contributed by atoms with Crippen LogP contribution in [-0.2, 0) is 15.6 Å². The van der Waals surface area contributed by atoms with Gasteiger partial charge in [0.25, 0.3) is 0 Å². The second kappa shape index (κ2) is 7.31. The van der Waals surface area contributed by atoms with Gasteiger partial charge in [-0.1, -0.05) is 12.1 Å². The second-order valence-corrected chi connectivity index (χ2v) is 8.65. The van der Waals surface area contributed by atoms with Crippen molar-refractivity contribution >= 4 is 21.6 Å². The molecule has 2 aromatic rings. The molecule has 0 saturated carbocycles. The molecule has 0 radical (unpaired) electrons. The van der Waals surface area contributed by atoms with E-state index in [1.54, 1.807) is 17.0 Å². The zero-order valence-corrected chi connectivity index (χ0v) is 15.0. The topological polar surface area (TPSA) is 79.6 Å². The minimum Gasteiger partial charge on any atom is -0.468 e. The monoisotopic (exact) mass is 362 g/mol. The van der Waals surface area contributed by atoms with Crippen molar-refractivity contribution in [3.8, 4) is 0 Å². The maximum atomic E-state index is 12.5. The van der Waals surface area contributed by atoms with Gasteiger partial charge in [-0.15, -0.1) is 0 Å². The zero-order chi connectivity index (χ0) is 17.9. The van der Waals surface area contributed by atoms with Gasteiger partial charge in [-0.3, -0.25) is 0 Å². The number of carbonyl (C=O) groups is 1. The molecular weight excluding hydrogens is 340 g/mol. The van der Waals surface area contributed by atoms with Crippen molar-refractivity contribution in [2.45, 2.75) is 30.8 Å². The number of benzene rings is 1. The summed E-state index contributed by atoms with van der Waals surface area (Å²) in [5.74, 6) is 0.375. The number of piperidine rings is 1. The van der Waals surface area contributed by atoms with Crippen LogP contribution in [0.25, 0.3) is 0 Å². The van der Waals surface area contributed by atoms with Crippen LogP contribution in [0.4, 0.5) is 10.5 Å². The summed E-state index contributed by atoms with van der Waals surface area (Å²) in [6.07, 6.45) is 2.37. The van der Waals surface area contributed by atoms with E-state index >= 15 is 0 Å². The third kappa shape index (κ3) is 4.42. The molecule has 0 spiro atoms. The standard InChI is InChI=1S/C18H22N2O4S/c1-14-4-2-5-15(12-14)19-18(21)20-9-7-17(8-10-20)25(22,23)13-16-6-3-11-24-16/h2-6,11-12,17H,7-10,13H2,1H3,(H,19,21). The summed E-state index contributed by atoms with van der Waals surface area (Å²) in [6, 6.07) is 10.8. The van der Waals surface area contributed by atoms with Gasteiger partial charge in [-0.2, -0.15) is 0 Å². The molecule has 7 heteroatoms. The number of carbonyl (C=O) groups excluding carboxylic acids is 1. The fourth-order valence-electron chi connectivity index (χ4n) is 3.05. The zero-order valence-electron chi connectivity index (χ0n) is 14.1. The van der Waals surface area contributed by atoms with Gasteiger partial charge in [-0.25, -0.2) is 13.2 Å². The third-order valence-electron chi connectivity index (χ3n) is 4.43. The van der Waals surface area contributed by atoms with Crippen LogP contribution < -0.4 is 5.32 Å². The SMILES string of the molecule is Cc1cccc(NC(=O)N2CCC(S(=O)(=O)Cc3ccco3)CC2)c1. The lowest BCUT2D eigenvalue weighted by molar-refractivity contribution is 0.200. The Balaban J connectivity index is 1.55. The molecule has 2 amide bonds. The molecule has 25 heavy (non-hydrogen) atoms. The van der Waals surface area contributed by atoms with E-state index in [1.165, 1.54) is 6.26 Å². The number of urea groups is 1. The summed E-state index contributed by atoms with van der Waals surface area (Å²) in [6.45, 7) is 2.82. The van der Waals surface area contributed by atoms with Crippen molar-refractivity contribution in [1.82, 2.24) is 4.90 Å². The fourth-order valence-corrected chi connectivity index (χ4v) is 4.78. The van der Waals surface area contributed by atoms with Gasteiger partial charge in [0.2, 0.25) is 0 Å². The van der Waals surface area contributed by atoms with Gasteiger partial charge in [0.15, 0.2) is 9.84 Å². The van der Waals surface area contributed by atoms with Gasteiger partial charge in [0.05, 0.1) is 11.5 Å². The van der Waals surface area contributed by atoms with Gasteiger partial charge in [0, 0.05) is 18.8 Å². The summed E-state index contributed by atoms with van der Waals surface area (Å²) < 4.78 is 30.1. The lowest BCUT2D eigenvalue weighted by Gasteiger charge is -2.31. The molecule has 1 N–H and O–H groups in total. The highest BCUT2D eigenvalue weighted by molar-refractivity contribution is 7.91. The van der Waals surface area contributed by atoms with Crippen molar-refractivity contribution < 1.29 is 17.6 Å². The molecule has 0 bridgehead atoms. The number of amides is 2. The molecule has 1 aromatic heterocycles. The minimum absolute atomic E-state index is 0.0832. The van der Waals surface area contributed by atoms with E-state index in [0.717, 1.165) is 11.3 Å². The van der Waals surface area contributed by atoms with Gasteiger partial charge < -0.3 is 14.6 Å². The highest BCUT2D eigenvalue weighted by Crippen LogP contribution is 2.22. The average Bonchev–Trinajstić information content (AvgIpc) is 3.07. The van der Waals surface area contributed by atoms with Crippen LogP contribution in [0.1, 0.15) is 24.2 Å². The molecule has 1 aliphatic rings. The van der Waals surface area contributed by atoms with Crippen LogP contribution >= 0.6 is 0 Å². The maximum absolute atomic E-state index is 12.5. The largest absolute Gasteiger partial charge is 0.468 e. The number of nitrogens with zero attached hydrogens (tertiary/aromatic N) is 1. The Morgan fingerprint density at radius 3 is 2.64 bits per heavy atom. The Labute approximate surface area is 147 Å². The lowest BCUT2D eigenvalue weighted by atomic mass is 10.1. The summed E-state index contributed by atoms with van der Waals surface area (Å²) in [7, 11) is -3.27. The fraction of sp³-hybridized carbons (Fsp3) is 0.389. The first kappa shape index (κ1) is 17.5. The summed E-state index contributed by atoms with van der Waals surface area (Å²) in [4.78, 5) is 14.0. The van der Waals surface area contributed by atoms with Crippen molar-refractivity contribution in [2.75, 3.05) is 18.4 Å². The number of rotatable bonds is 4. The van der Waals surface area contributed by atoms with Gasteiger partial charge in [0.1, 0.15) is 11.5 Å². The van der Waals surface area contributed by atoms with E-state index in [1.807, 2.05) is 31.2 Å². The molecule has 6 nitrogen and oxygen atoms in total. The number of hydrogen-bond acceptors (Lipinski definition) is 4. The molecule has 1 fully saturated rings. The number of nitrogens with one attached hydrogen (secondary N) is 1. The van der Waals surface area contributed by atoms with Gasteiger partial charge in [-0.05, 0) is 49.6 Å². The molecule has 1 aromatic carbocycles. The van der Waals surface area contributed by atoms with E-state index in [0.29, 0.717) is 31.7 Å². The molecule has 3 rings (SSSR count). The summed E-state index contributed by atoms with van der Waals surface area (Å²) >= 11 is 0. The third-order valence-corrected chi connectivity index (χ3v) is 6.60. The van der Waals surface area contributed by atoms with Crippen molar-refractivity contribution in [3.63, 3.8) is 0 Å². The lowest BCUT2D eigenvalue weighted by Crippen LogP contribution is -2.44. The normalized spacial score (nSPS) is 16.0. The Bertz CT molecular complexity index is 823. The van der Waals surface area contributed by atoms with Gasteiger partial charge >= 0.3 is 6.03 Å². The first-order chi connectivity index (χ1) is 11.9. The average molecular weight is 362 g/mol. The molecule has 2 heterocycles. The van der Waals surface area contributed by atoms with Crippen LogP contribution in [0.2, 0.25) is 0 Å². The van der Waals surface area contributed by atoms with E-state index in [2.05, 4.69) is 5.32 Å². The molecule has 1 aliphatic heterocycles. The molecular formula is C18H22N2O4S. The number of aryl methyl sites for hydroxylation is 1. The second-order valence-electron chi connectivity index (χ2n) is 6.37. The predicted octanol–water partition coefficient (Wildman–Crippen LogP) is 3.20. The molecule has 134 valence electrons. The summed E-state index contributed by atoms with van der Waals surface area (Å²) in [5, 5.41) is 2.43. The minimum atomic E-state index is -3.27. The van der Waals surface area contributed by atoms with E-state index in [9.17, 15) is 13.2 Å². The van der Waals surface area contributed by atoms with E-state index in [4.69, 9.17) is 4.42 Å².